The molecule has 0 saturated carbocycles. The number of hydrogen-bond donors (Lipinski definition) is 3. The summed E-state index contributed by atoms with van der Waals surface area (Å²) < 4.78 is 0. The Labute approximate surface area is 68.2 Å². The average molecular weight is 158 g/mol. The van der Waals surface area contributed by atoms with Gasteiger partial charge in [-0.05, 0) is 20.3 Å². The number of nitrogens with one attached hydrogen (secondary N) is 2. The van der Waals surface area contributed by atoms with Gasteiger partial charge in [0.25, 0.3) is 0 Å². The summed E-state index contributed by atoms with van der Waals surface area (Å²) in [4.78, 5) is 0. The third-order valence-electron chi connectivity index (χ3n) is 1.99. The molecule has 0 aromatic carbocycles. The fourth-order valence-corrected chi connectivity index (χ4v) is 1.56. The normalized spacial score (nSPS) is 35.2. The highest BCUT2D eigenvalue weighted by Gasteiger charge is 2.17. The first-order valence-corrected chi connectivity index (χ1v) is 4.33. The van der Waals surface area contributed by atoms with E-state index in [-0.39, 0.29) is 6.10 Å². The van der Waals surface area contributed by atoms with Gasteiger partial charge in [-0.2, -0.15) is 0 Å². The Morgan fingerprint density at radius 3 is 2.82 bits per heavy atom. The van der Waals surface area contributed by atoms with Crippen LogP contribution in [-0.2, 0) is 0 Å². The van der Waals surface area contributed by atoms with Crippen molar-refractivity contribution in [2.45, 2.75) is 38.5 Å². The van der Waals surface area contributed by atoms with Crippen molar-refractivity contribution in [3.05, 3.63) is 0 Å². The number of piperazine rings is 1. The summed E-state index contributed by atoms with van der Waals surface area (Å²) in [6, 6.07) is 0.978. The van der Waals surface area contributed by atoms with Gasteiger partial charge >= 0.3 is 0 Å². The molecule has 3 atom stereocenters. The summed E-state index contributed by atoms with van der Waals surface area (Å²) in [5.74, 6) is 0. The monoisotopic (exact) mass is 158 g/mol. The van der Waals surface area contributed by atoms with E-state index in [1.165, 1.54) is 0 Å². The molecular formula is C8H18N2O. The lowest BCUT2D eigenvalue weighted by Crippen LogP contribution is -2.54. The minimum absolute atomic E-state index is 0.195. The van der Waals surface area contributed by atoms with E-state index < -0.39 is 0 Å². The maximum Gasteiger partial charge on any atom is 0.0527 e. The molecule has 1 fully saturated rings. The zero-order valence-electron chi connectivity index (χ0n) is 7.30. The molecule has 11 heavy (non-hydrogen) atoms. The summed E-state index contributed by atoms with van der Waals surface area (Å²) in [6.45, 7) is 6.01. The fraction of sp³-hybridized carbons (Fsp3) is 1.00. The minimum Gasteiger partial charge on any atom is -0.393 e. The molecule has 0 aliphatic carbocycles. The minimum atomic E-state index is -0.195. The highest BCUT2D eigenvalue weighted by atomic mass is 16.3. The van der Waals surface area contributed by atoms with E-state index in [0.29, 0.717) is 12.1 Å². The summed E-state index contributed by atoms with van der Waals surface area (Å²) in [5.41, 5.74) is 0. The van der Waals surface area contributed by atoms with Crippen molar-refractivity contribution < 1.29 is 5.11 Å². The van der Waals surface area contributed by atoms with Crippen molar-refractivity contribution >= 4 is 0 Å². The Morgan fingerprint density at radius 2 is 2.27 bits per heavy atom. The summed E-state index contributed by atoms with van der Waals surface area (Å²) in [6.07, 6.45) is 0.650. The zero-order valence-corrected chi connectivity index (χ0v) is 7.30. The summed E-state index contributed by atoms with van der Waals surface area (Å²) >= 11 is 0. The highest BCUT2D eigenvalue weighted by Crippen LogP contribution is 2.01. The second kappa shape index (κ2) is 4.04. The molecule has 1 aliphatic heterocycles. The predicted octanol–water partition coefficient (Wildman–Crippen LogP) is -0.293. The number of aliphatic hydroxyl groups is 1. The van der Waals surface area contributed by atoms with Gasteiger partial charge in [-0.25, -0.2) is 0 Å². The first-order chi connectivity index (χ1) is 5.18. The van der Waals surface area contributed by atoms with Crippen LogP contribution in [-0.4, -0.2) is 36.4 Å². The van der Waals surface area contributed by atoms with Crippen molar-refractivity contribution in [3.8, 4) is 0 Å². The van der Waals surface area contributed by atoms with Crippen LogP contribution in [0.5, 0.6) is 0 Å². The number of aliphatic hydroxyl groups excluding tert-OH is 1. The Kier molecular flexibility index (Phi) is 3.30. The van der Waals surface area contributed by atoms with Crippen molar-refractivity contribution in [1.82, 2.24) is 10.6 Å². The van der Waals surface area contributed by atoms with Gasteiger partial charge in [0.05, 0.1) is 6.10 Å². The molecule has 1 saturated heterocycles. The van der Waals surface area contributed by atoms with Gasteiger partial charge < -0.3 is 15.7 Å². The SMILES string of the molecule is C[C@@H]1CNC[C@@H](C[C@@H](C)O)N1. The van der Waals surface area contributed by atoms with Crippen molar-refractivity contribution in [1.29, 1.82) is 0 Å². The molecule has 3 nitrogen and oxygen atoms in total. The molecular weight excluding hydrogens is 140 g/mol. The Morgan fingerprint density at radius 1 is 1.55 bits per heavy atom. The second-order valence-electron chi connectivity index (χ2n) is 3.51. The molecule has 0 unspecified atom stereocenters. The number of rotatable bonds is 2. The largest absolute Gasteiger partial charge is 0.393 e. The first kappa shape index (κ1) is 8.97. The van der Waals surface area contributed by atoms with E-state index in [1.807, 2.05) is 6.92 Å². The molecule has 1 rings (SSSR count). The summed E-state index contributed by atoms with van der Waals surface area (Å²) in [7, 11) is 0. The van der Waals surface area contributed by atoms with Crippen LogP contribution in [0.4, 0.5) is 0 Å². The summed E-state index contributed by atoms with van der Waals surface area (Å²) in [5, 5.41) is 15.9. The molecule has 0 amide bonds. The van der Waals surface area contributed by atoms with E-state index >= 15 is 0 Å². The Bertz CT molecular complexity index is 115. The van der Waals surface area contributed by atoms with Crippen molar-refractivity contribution in [2.75, 3.05) is 13.1 Å². The molecule has 1 heterocycles. The topological polar surface area (TPSA) is 44.3 Å². The first-order valence-electron chi connectivity index (χ1n) is 4.33. The maximum atomic E-state index is 9.12. The lowest BCUT2D eigenvalue weighted by atomic mass is 10.1. The lowest BCUT2D eigenvalue weighted by molar-refractivity contribution is 0.158. The van der Waals surface area contributed by atoms with Gasteiger partial charge in [-0.1, -0.05) is 0 Å². The average Bonchev–Trinajstić information content (AvgIpc) is 1.85. The molecule has 0 aromatic heterocycles. The molecule has 1 aliphatic rings. The van der Waals surface area contributed by atoms with E-state index in [0.717, 1.165) is 19.5 Å². The fourth-order valence-electron chi connectivity index (χ4n) is 1.56. The van der Waals surface area contributed by atoms with Crippen LogP contribution in [0.3, 0.4) is 0 Å². The van der Waals surface area contributed by atoms with Gasteiger partial charge in [0.1, 0.15) is 0 Å². The van der Waals surface area contributed by atoms with Gasteiger partial charge in [0, 0.05) is 25.2 Å². The van der Waals surface area contributed by atoms with E-state index in [9.17, 15) is 0 Å². The van der Waals surface area contributed by atoms with Crippen molar-refractivity contribution in [2.24, 2.45) is 0 Å². The molecule has 3 N–H and O–H groups in total. The van der Waals surface area contributed by atoms with Crippen LogP contribution in [0.15, 0.2) is 0 Å². The highest BCUT2D eigenvalue weighted by molar-refractivity contribution is 4.81. The zero-order chi connectivity index (χ0) is 8.27. The van der Waals surface area contributed by atoms with Gasteiger partial charge in [0.2, 0.25) is 0 Å². The third kappa shape index (κ3) is 3.18. The standard InChI is InChI=1S/C8H18N2O/c1-6-4-9-5-8(10-6)3-7(2)11/h6-11H,3-5H2,1-2H3/t6-,7-,8-/m1/s1. The van der Waals surface area contributed by atoms with Crippen LogP contribution in [0, 0.1) is 0 Å². The van der Waals surface area contributed by atoms with Gasteiger partial charge in [-0.15, -0.1) is 0 Å². The molecule has 0 radical (unpaired) electrons. The van der Waals surface area contributed by atoms with E-state index in [2.05, 4.69) is 17.6 Å². The van der Waals surface area contributed by atoms with Gasteiger partial charge in [0.15, 0.2) is 0 Å². The van der Waals surface area contributed by atoms with Crippen LogP contribution in [0.1, 0.15) is 20.3 Å². The van der Waals surface area contributed by atoms with Crippen molar-refractivity contribution in [3.63, 3.8) is 0 Å². The van der Waals surface area contributed by atoms with Crippen LogP contribution < -0.4 is 10.6 Å². The molecule has 0 aromatic rings. The van der Waals surface area contributed by atoms with Gasteiger partial charge in [-0.3, -0.25) is 0 Å². The molecule has 66 valence electrons. The van der Waals surface area contributed by atoms with Crippen LogP contribution >= 0.6 is 0 Å². The molecule has 0 bridgehead atoms. The Balaban J connectivity index is 2.23. The molecule has 0 spiro atoms. The third-order valence-corrected chi connectivity index (χ3v) is 1.99. The quantitative estimate of drug-likeness (QED) is 0.517. The Hall–Kier alpha value is -0.120. The predicted molar refractivity (Wildman–Crippen MR) is 45.6 cm³/mol. The van der Waals surface area contributed by atoms with E-state index in [4.69, 9.17) is 5.11 Å². The lowest BCUT2D eigenvalue weighted by Gasteiger charge is -2.30. The van der Waals surface area contributed by atoms with Crippen LogP contribution in [0.25, 0.3) is 0 Å². The number of hydrogen-bond acceptors (Lipinski definition) is 3. The second-order valence-corrected chi connectivity index (χ2v) is 3.51. The maximum absolute atomic E-state index is 9.12. The van der Waals surface area contributed by atoms with E-state index in [1.54, 1.807) is 0 Å². The molecule has 3 heteroatoms. The van der Waals surface area contributed by atoms with Crippen LogP contribution in [0.2, 0.25) is 0 Å². The smallest absolute Gasteiger partial charge is 0.0527 e.